The Morgan fingerprint density at radius 1 is 1.28 bits per heavy atom. The Labute approximate surface area is 118 Å². The number of hydrogen-bond donors (Lipinski definition) is 1. The molecule has 0 bridgehead atoms. The molecule has 2 aromatic rings. The van der Waals surface area contributed by atoms with Crippen LogP contribution >= 0.6 is 27.7 Å². The summed E-state index contributed by atoms with van der Waals surface area (Å²) in [5.41, 5.74) is 3.15. The summed E-state index contributed by atoms with van der Waals surface area (Å²) in [4.78, 5) is 13.5. The Bertz CT molecular complexity index is 585. The van der Waals surface area contributed by atoms with Crippen LogP contribution in [0.3, 0.4) is 0 Å². The third kappa shape index (κ3) is 2.10. The molecule has 0 fully saturated rings. The molecule has 2 aromatic heterocycles. The molecule has 3 rings (SSSR count). The lowest BCUT2D eigenvalue weighted by Crippen LogP contribution is -2.04. The number of aromatic nitrogens is 3. The number of fused-ring (bicyclic) bond motifs is 1. The van der Waals surface area contributed by atoms with Gasteiger partial charge in [-0.05, 0) is 28.1 Å². The lowest BCUT2D eigenvalue weighted by molar-refractivity contribution is 1.05. The van der Waals surface area contributed by atoms with Crippen molar-refractivity contribution in [2.75, 3.05) is 12.4 Å². The third-order valence-corrected chi connectivity index (χ3v) is 4.21. The average molecular weight is 323 g/mol. The summed E-state index contributed by atoms with van der Waals surface area (Å²) < 4.78 is 0.955. The summed E-state index contributed by atoms with van der Waals surface area (Å²) in [6, 6.07) is 3.88. The van der Waals surface area contributed by atoms with Crippen molar-refractivity contribution in [3.8, 4) is 11.5 Å². The number of nitrogens with zero attached hydrogens (tertiary/aromatic N) is 3. The number of anilines is 1. The Hall–Kier alpha value is -1.14. The van der Waals surface area contributed by atoms with Crippen LogP contribution in [0.2, 0.25) is 0 Å². The number of thioether (sulfide) groups is 1. The van der Waals surface area contributed by atoms with Crippen LogP contribution in [0.1, 0.15) is 11.3 Å². The Kier molecular flexibility index (Phi) is 3.22. The molecule has 0 radical (unpaired) electrons. The zero-order valence-corrected chi connectivity index (χ0v) is 12.2. The quantitative estimate of drug-likeness (QED) is 0.920. The maximum absolute atomic E-state index is 4.61. The molecule has 0 saturated carbocycles. The van der Waals surface area contributed by atoms with Gasteiger partial charge in [-0.3, -0.25) is 4.98 Å². The van der Waals surface area contributed by atoms with Crippen LogP contribution in [-0.4, -0.2) is 22.0 Å². The minimum absolute atomic E-state index is 0.688. The normalized spacial score (nSPS) is 13.4. The van der Waals surface area contributed by atoms with Crippen LogP contribution in [0.5, 0.6) is 0 Å². The molecular formula is C12H11BrN4S. The van der Waals surface area contributed by atoms with Crippen LogP contribution in [0, 0.1) is 0 Å². The second-order valence-electron chi connectivity index (χ2n) is 3.93. The fourth-order valence-corrected chi connectivity index (χ4v) is 3.16. The van der Waals surface area contributed by atoms with Gasteiger partial charge in [0.15, 0.2) is 5.82 Å². The highest BCUT2D eigenvalue weighted by Crippen LogP contribution is 2.33. The van der Waals surface area contributed by atoms with Gasteiger partial charge in [-0.1, -0.05) is 0 Å². The second-order valence-corrected chi connectivity index (χ2v) is 5.83. The van der Waals surface area contributed by atoms with Gasteiger partial charge in [-0.2, -0.15) is 11.8 Å². The standard InChI is InChI=1S/C12H11BrN4S/c1-14-11-8-5-18-6-10(8)16-12(17-11)9-3-2-7(13)4-15-9/h2-4H,5-6H2,1H3,(H,14,16,17). The van der Waals surface area contributed by atoms with Crippen LogP contribution < -0.4 is 5.32 Å². The molecule has 0 unspecified atom stereocenters. The molecule has 0 amide bonds. The van der Waals surface area contributed by atoms with Crippen LogP contribution in [-0.2, 0) is 11.5 Å². The van der Waals surface area contributed by atoms with Gasteiger partial charge >= 0.3 is 0 Å². The number of halogens is 1. The van der Waals surface area contributed by atoms with Crippen molar-refractivity contribution in [1.82, 2.24) is 15.0 Å². The molecule has 1 N–H and O–H groups in total. The van der Waals surface area contributed by atoms with E-state index in [0.717, 1.165) is 33.2 Å². The van der Waals surface area contributed by atoms with Gasteiger partial charge in [0.2, 0.25) is 0 Å². The van der Waals surface area contributed by atoms with Crippen molar-refractivity contribution in [3.05, 3.63) is 34.1 Å². The van der Waals surface area contributed by atoms with Gasteiger partial charge in [0.25, 0.3) is 0 Å². The van der Waals surface area contributed by atoms with E-state index in [9.17, 15) is 0 Å². The fraction of sp³-hybridized carbons (Fsp3) is 0.250. The smallest absolute Gasteiger partial charge is 0.180 e. The van der Waals surface area contributed by atoms with Gasteiger partial charge < -0.3 is 5.32 Å². The zero-order valence-electron chi connectivity index (χ0n) is 9.77. The Balaban J connectivity index is 2.10. The summed E-state index contributed by atoms with van der Waals surface area (Å²) in [7, 11) is 1.89. The van der Waals surface area contributed by atoms with Crippen LogP contribution in [0.4, 0.5) is 5.82 Å². The van der Waals surface area contributed by atoms with Gasteiger partial charge in [0.1, 0.15) is 11.5 Å². The van der Waals surface area contributed by atoms with Crippen molar-refractivity contribution in [2.45, 2.75) is 11.5 Å². The van der Waals surface area contributed by atoms with E-state index in [1.54, 1.807) is 6.20 Å². The largest absolute Gasteiger partial charge is 0.373 e. The lowest BCUT2D eigenvalue weighted by atomic mass is 10.2. The van der Waals surface area contributed by atoms with Crippen molar-refractivity contribution in [1.29, 1.82) is 0 Å². The molecule has 0 spiro atoms. The highest BCUT2D eigenvalue weighted by molar-refractivity contribution is 9.10. The van der Waals surface area contributed by atoms with E-state index in [2.05, 4.69) is 36.2 Å². The third-order valence-electron chi connectivity index (χ3n) is 2.77. The Morgan fingerprint density at radius 2 is 2.17 bits per heavy atom. The topological polar surface area (TPSA) is 50.7 Å². The van der Waals surface area contributed by atoms with E-state index in [1.165, 1.54) is 5.56 Å². The van der Waals surface area contributed by atoms with E-state index >= 15 is 0 Å². The summed E-state index contributed by atoms with van der Waals surface area (Å²) >= 11 is 5.25. The first-order valence-corrected chi connectivity index (χ1v) is 7.50. The first-order valence-electron chi connectivity index (χ1n) is 5.55. The Morgan fingerprint density at radius 3 is 2.89 bits per heavy atom. The SMILES string of the molecule is CNc1nc(-c2ccc(Br)cn2)nc2c1CSC2. The van der Waals surface area contributed by atoms with Gasteiger partial charge in [-0.25, -0.2) is 9.97 Å². The molecule has 1 aliphatic heterocycles. The van der Waals surface area contributed by atoms with Crippen LogP contribution in [0.15, 0.2) is 22.8 Å². The average Bonchev–Trinajstić information content (AvgIpc) is 2.86. The maximum Gasteiger partial charge on any atom is 0.180 e. The molecule has 18 heavy (non-hydrogen) atoms. The molecule has 0 aromatic carbocycles. The van der Waals surface area contributed by atoms with Gasteiger partial charge in [-0.15, -0.1) is 0 Å². The van der Waals surface area contributed by atoms with E-state index in [4.69, 9.17) is 0 Å². The molecule has 0 saturated heterocycles. The van der Waals surface area contributed by atoms with Crippen molar-refractivity contribution in [3.63, 3.8) is 0 Å². The van der Waals surface area contributed by atoms with Gasteiger partial charge in [0.05, 0.1) is 5.69 Å². The molecule has 3 heterocycles. The highest BCUT2D eigenvalue weighted by atomic mass is 79.9. The maximum atomic E-state index is 4.61. The summed E-state index contributed by atoms with van der Waals surface area (Å²) in [5.74, 6) is 3.55. The van der Waals surface area contributed by atoms with Gasteiger partial charge in [0, 0.05) is 34.8 Å². The van der Waals surface area contributed by atoms with E-state index in [0.29, 0.717) is 5.82 Å². The monoisotopic (exact) mass is 322 g/mol. The van der Waals surface area contributed by atoms with E-state index in [1.807, 2.05) is 30.9 Å². The van der Waals surface area contributed by atoms with E-state index < -0.39 is 0 Å². The summed E-state index contributed by atoms with van der Waals surface area (Å²) in [6.07, 6.45) is 1.76. The summed E-state index contributed by atoms with van der Waals surface area (Å²) in [6.45, 7) is 0. The molecule has 92 valence electrons. The molecule has 0 aliphatic carbocycles. The first kappa shape index (κ1) is 11.9. The second kappa shape index (κ2) is 4.85. The van der Waals surface area contributed by atoms with E-state index in [-0.39, 0.29) is 0 Å². The molecular weight excluding hydrogens is 312 g/mol. The van der Waals surface area contributed by atoms with Crippen molar-refractivity contribution >= 4 is 33.5 Å². The minimum Gasteiger partial charge on any atom is -0.373 e. The van der Waals surface area contributed by atoms with Crippen molar-refractivity contribution < 1.29 is 0 Å². The predicted octanol–water partition coefficient (Wildman–Crippen LogP) is 3.09. The minimum atomic E-state index is 0.688. The molecule has 6 heteroatoms. The highest BCUT2D eigenvalue weighted by Gasteiger charge is 2.19. The van der Waals surface area contributed by atoms with Crippen molar-refractivity contribution in [2.24, 2.45) is 0 Å². The zero-order chi connectivity index (χ0) is 12.5. The molecule has 4 nitrogen and oxygen atoms in total. The number of nitrogens with one attached hydrogen (secondary N) is 1. The lowest BCUT2D eigenvalue weighted by Gasteiger charge is -2.08. The molecule has 1 aliphatic rings. The predicted molar refractivity (Wildman–Crippen MR) is 77.5 cm³/mol. The number of rotatable bonds is 2. The van der Waals surface area contributed by atoms with Crippen LogP contribution in [0.25, 0.3) is 11.5 Å². The fourth-order valence-electron chi connectivity index (χ4n) is 1.88. The first-order chi connectivity index (χ1) is 8.78. The molecule has 0 atom stereocenters. The number of hydrogen-bond acceptors (Lipinski definition) is 5. The summed E-state index contributed by atoms with van der Waals surface area (Å²) in [5, 5.41) is 3.15. The number of pyridine rings is 1.